The Morgan fingerprint density at radius 1 is 0.581 bits per heavy atom. The minimum absolute atomic E-state index is 0.261. The minimum Gasteiger partial charge on any atom is -0.345 e. The second-order valence-electron chi connectivity index (χ2n) is 20.0. The molecule has 0 saturated heterocycles. The SMILES string of the molecule is NC(C1=CCCC=C1)c1ccccc1Nn1c2cc(-c3ccc4c5cc6ccccc6cc5n(C5N=c6ccc7c(c6=C(c6ccccc6)N5)SC(c5ccccc5)C7)c4c3)ccc2c2c3ccccc3ccc21. The molecule has 0 amide bonds. The van der Waals surface area contributed by atoms with E-state index in [1.54, 1.807) is 0 Å². The maximum atomic E-state index is 7.09. The summed E-state index contributed by atoms with van der Waals surface area (Å²) >= 11 is 1.97. The Labute approximate surface area is 432 Å². The summed E-state index contributed by atoms with van der Waals surface area (Å²) in [7, 11) is 0. The van der Waals surface area contributed by atoms with Crippen LogP contribution < -0.4 is 27.1 Å². The number of anilines is 1. The van der Waals surface area contributed by atoms with Crippen LogP contribution in [0.25, 0.3) is 82.0 Å². The molecule has 74 heavy (non-hydrogen) atoms. The first-order chi connectivity index (χ1) is 36.6. The third-order valence-electron chi connectivity index (χ3n) is 15.7. The van der Waals surface area contributed by atoms with Gasteiger partial charge in [0.25, 0.3) is 0 Å². The van der Waals surface area contributed by atoms with Crippen molar-refractivity contribution in [2.24, 2.45) is 10.7 Å². The van der Waals surface area contributed by atoms with Crippen molar-refractivity contribution >= 4 is 88.3 Å². The predicted molar refractivity (Wildman–Crippen MR) is 309 cm³/mol. The summed E-state index contributed by atoms with van der Waals surface area (Å²) in [6.07, 6.45) is 9.31. The van der Waals surface area contributed by atoms with Gasteiger partial charge in [-0.1, -0.05) is 182 Å². The molecule has 10 aromatic carbocycles. The number of hydrogen-bond donors (Lipinski definition) is 3. The zero-order chi connectivity index (χ0) is 48.9. The average Bonchev–Trinajstić information content (AvgIpc) is 4.15. The third kappa shape index (κ3) is 6.95. The van der Waals surface area contributed by atoms with E-state index in [9.17, 15) is 0 Å². The fraction of sp³-hybridized carbons (Fsp3) is 0.0896. The Morgan fingerprint density at radius 2 is 1.30 bits per heavy atom. The summed E-state index contributed by atoms with van der Waals surface area (Å²) < 4.78 is 4.72. The zero-order valence-corrected chi connectivity index (χ0v) is 41.4. The number of nitrogens with one attached hydrogen (secondary N) is 2. The van der Waals surface area contributed by atoms with E-state index in [0.717, 1.165) is 85.9 Å². The molecule has 354 valence electrons. The molecule has 4 heterocycles. The quantitative estimate of drug-likeness (QED) is 0.142. The highest BCUT2D eigenvalue weighted by molar-refractivity contribution is 7.99. The van der Waals surface area contributed by atoms with Crippen molar-refractivity contribution < 1.29 is 0 Å². The van der Waals surface area contributed by atoms with Gasteiger partial charge in [-0.25, -0.2) is 4.99 Å². The molecule has 7 heteroatoms. The Balaban J connectivity index is 0.919. The molecule has 2 aliphatic heterocycles. The molecule has 3 unspecified atom stereocenters. The minimum atomic E-state index is -0.433. The van der Waals surface area contributed by atoms with Crippen LogP contribution in [-0.2, 0) is 6.42 Å². The number of fused-ring (bicyclic) bond motifs is 12. The van der Waals surface area contributed by atoms with Gasteiger partial charge in [-0.05, 0) is 122 Å². The second kappa shape index (κ2) is 17.3. The van der Waals surface area contributed by atoms with Crippen molar-refractivity contribution in [1.29, 1.82) is 0 Å². The topological polar surface area (TPSA) is 72.3 Å². The molecule has 0 saturated carbocycles. The molecule has 3 atom stereocenters. The van der Waals surface area contributed by atoms with Gasteiger partial charge >= 0.3 is 0 Å². The van der Waals surface area contributed by atoms with Crippen molar-refractivity contribution in [3.05, 3.63) is 263 Å². The van der Waals surface area contributed by atoms with Crippen LogP contribution >= 0.6 is 11.8 Å². The average molecular weight is 971 g/mol. The van der Waals surface area contributed by atoms with Gasteiger partial charge in [-0.2, -0.15) is 0 Å². The van der Waals surface area contributed by atoms with E-state index in [2.05, 4.69) is 244 Å². The van der Waals surface area contributed by atoms with E-state index in [1.165, 1.54) is 64.3 Å². The van der Waals surface area contributed by atoms with E-state index >= 15 is 0 Å². The number of benzene rings is 10. The molecule has 0 fully saturated rings. The van der Waals surface area contributed by atoms with E-state index in [1.807, 2.05) is 11.8 Å². The molecule has 12 aromatic rings. The maximum absolute atomic E-state index is 7.09. The van der Waals surface area contributed by atoms with Crippen molar-refractivity contribution in [1.82, 2.24) is 14.6 Å². The molecule has 0 spiro atoms. The van der Waals surface area contributed by atoms with Crippen LogP contribution in [0.3, 0.4) is 0 Å². The lowest BCUT2D eigenvalue weighted by Gasteiger charge is -2.26. The summed E-state index contributed by atoms with van der Waals surface area (Å²) in [6.45, 7) is 0. The largest absolute Gasteiger partial charge is 0.345 e. The first-order valence-corrected chi connectivity index (χ1v) is 26.7. The van der Waals surface area contributed by atoms with E-state index in [0.29, 0.717) is 5.25 Å². The molecular formula is C67H50N6S. The van der Waals surface area contributed by atoms with E-state index in [4.69, 9.17) is 10.7 Å². The lowest BCUT2D eigenvalue weighted by Crippen LogP contribution is -2.42. The van der Waals surface area contributed by atoms with Gasteiger partial charge in [0.2, 0.25) is 6.29 Å². The summed E-state index contributed by atoms with van der Waals surface area (Å²) in [6, 6.07) is 75.2. The monoisotopic (exact) mass is 970 g/mol. The first-order valence-electron chi connectivity index (χ1n) is 25.8. The summed E-state index contributed by atoms with van der Waals surface area (Å²) in [5.74, 6) is 0. The lowest BCUT2D eigenvalue weighted by molar-refractivity contribution is 0.488. The Bertz CT molecular complexity index is 4470. The standard InChI is InChI=1S/C67H50N6S/c68-64(43-19-6-2-7-20-43)52-26-14-15-27-55(52)71-73-57-35-31-41-16-12-13-25-50(41)62(57)53-33-29-48(39-60(53)73)47-28-32-51-54-36-45-23-10-11-24-46(45)37-59(54)72(58(51)38-47)67-69-56-34-30-49-40-61(42-17-4-1-5-18-42)74-66(49)63(56)65(70-67)44-21-8-3-9-22-44/h1,3-6,8-39,61,64,67,70-71H,2,7,40,68H2. The van der Waals surface area contributed by atoms with Gasteiger partial charge in [0.1, 0.15) is 0 Å². The van der Waals surface area contributed by atoms with Gasteiger partial charge < -0.3 is 15.6 Å². The highest BCUT2D eigenvalue weighted by atomic mass is 32.2. The molecule has 2 aromatic heterocycles. The van der Waals surface area contributed by atoms with Crippen molar-refractivity contribution in [2.45, 2.75) is 41.7 Å². The Morgan fingerprint density at radius 3 is 2.12 bits per heavy atom. The second-order valence-corrected chi connectivity index (χ2v) is 21.2. The van der Waals surface area contributed by atoms with Gasteiger partial charge in [-0.15, -0.1) is 11.8 Å². The maximum Gasteiger partial charge on any atom is 0.201 e. The highest BCUT2D eigenvalue weighted by Crippen LogP contribution is 2.46. The van der Waals surface area contributed by atoms with Crippen LogP contribution in [0.5, 0.6) is 0 Å². The lowest BCUT2D eigenvalue weighted by atomic mass is 9.94. The summed E-state index contributed by atoms with van der Waals surface area (Å²) in [4.78, 5) is 7.02. The third-order valence-corrected chi connectivity index (χ3v) is 17.1. The fourth-order valence-corrected chi connectivity index (χ4v) is 13.6. The number of nitrogens with two attached hydrogens (primary N) is 1. The fourth-order valence-electron chi connectivity index (χ4n) is 12.1. The molecule has 3 aliphatic rings. The van der Waals surface area contributed by atoms with Crippen LogP contribution in [0.2, 0.25) is 0 Å². The van der Waals surface area contributed by atoms with Gasteiger partial charge in [0, 0.05) is 36.9 Å². The number of nitrogens with zero attached hydrogens (tertiary/aromatic N) is 3. The Kier molecular flexibility index (Phi) is 10.0. The normalized spacial score (nSPS) is 16.7. The van der Waals surface area contributed by atoms with Crippen LogP contribution in [0, 0.1) is 0 Å². The van der Waals surface area contributed by atoms with Gasteiger partial charge in [0.05, 0.1) is 44.9 Å². The molecule has 1 aliphatic carbocycles. The molecule has 0 radical (unpaired) electrons. The predicted octanol–water partition coefficient (Wildman–Crippen LogP) is 15.0. The van der Waals surface area contributed by atoms with Crippen LogP contribution in [0.4, 0.5) is 5.69 Å². The molecule has 6 nitrogen and oxygen atoms in total. The van der Waals surface area contributed by atoms with Crippen LogP contribution in [0.15, 0.2) is 240 Å². The number of aromatic nitrogens is 2. The number of para-hydroxylation sites is 1. The zero-order valence-electron chi connectivity index (χ0n) is 40.5. The molecular weight excluding hydrogens is 921 g/mol. The molecule has 0 bridgehead atoms. The van der Waals surface area contributed by atoms with Gasteiger partial charge in [-0.3, -0.25) is 10.1 Å². The van der Waals surface area contributed by atoms with Crippen LogP contribution in [-0.4, -0.2) is 9.24 Å². The summed E-state index contributed by atoms with van der Waals surface area (Å²) in [5, 5.41) is 16.3. The molecule has 15 rings (SSSR count). The number of hydrogen-bond acceptors (Lipinski definition) is 5. The van der Waals surface area contributed by atoms with Crippen molar-refractivity contribution in [3.63, 3.8) is 0 Å². The van der Waals surface area contributed by atoms with Gasteiger partial charge in [0.15, 0.2) is 0 Å². The smallest absolute Gasteiger partial charge is 0.201 e. The van der Waals surface area contributed by atoms with Crippen LogP contribution in [0.1, 0.15) is 52.7 Å². The molecule has 4 N–H and O–H groups in total. The first kappa shape index (κ1) is 43.0. The number of thioether (sulfide) groups is 1. The number of rotatable bonds is 8. The highest BCUT2D eigenvalue weighted by Gasteiger charge is 2.30. The number of allylic oxidation sites excluding steroid dienone is 2. The van der Waals surface area contributed by atoms with Crippen molar-refractivity contribution in [3.8, 4) is 11.1 Å². The van der Waals surface area contributed by atoms with Crippen molar-refractivity contribution in [2.75, 3.05) is 5.43 Å². The van der Waals surface area contributed by atoms with E-state index < -0.39 is 6.29 Å². The summed E-state index contributed by atoms with van der Waals surface area (Å²) in [5.41, 5.74) is 25.9. The van der Waals surface area contributed by atoms with E-state index in [-0.39, 0.29) is 6.04 Å². The Hall–Kier alpha value is -8.62.